The molecule has 0 aromatic rings. The Labute approximate surface area is 107 Å². The highest BCUT2D eigenvalue weighted by Crippen LogP contribution is 2.34. The Morgan fingerprint density at radius 3 is 2.29 bits per heavy atom. The number of allylic oxidation sites excluding steroid dienone is 1. The molecule has 2 heteroatoms. The van der Waals surface area contributed by atoms with Crippen LogP contribution >= 0.6 is 0 Å². The Balaban J connectivity index is 2.64. The van der Waals surface area contributed by atoms with Crippen LogP contribution in [-0.4, -0.2) is 30.6 Å². The third-order valence-electron chi connectivity index (χ3n) is 4.47. The third kappa shape index (κ3) is 3.82. The maximum absolute atomic E-state index is 6.52. The fraction of sp³-hybridized carbons (Fsp3) is 0.867. The Kier molecular flexibility index (Phi) is 6.21. The first-order chi connectivity index (χ1) is 8.13. The van der Waals surface area contributed by atoms with Gasteiger partial charge < -0.3 is 10.6 Å². The predicted octanol–water partition coefficient (Wildman–Crippen LogP) is 3.32. The van der Waals surface area contributed by atoms with E-state index in [1.807, 2.05) is 6.08 Å². The molecule has 0 amide bonds. The molecule has 100 valence electrons. The second-order valence-electron chi connectivity index (χ2n) is 5.74. The topological polar surface area (TPSA) is 29.3 Å². The van der Waals surface area contributed by atoms with Crippen LogP contribution in [0.4, 0.5) is 0 Å². The molecule has 0 radical (unpaired) electrons. The maximum atomic E-state index is 6.52. The van der Waals surface area contributed by atoms with Gasteiger partial charge >= 0.3 is 0 Å². The zero-order valence-corrected chi connectivity index (χ0v) is 11.8. The second kappa shape index (κ2) is 7.17. The summed E-state index contributed by atoms with van der Waals surface area (Å²) in [6.45, 7) is 3.79. The van der Waals surface area contributed by atoms with Crippen LogP contribution in [0.25, 0.3) is 0 Å². The molecular formula is C15H30N2. The average Bonchev–Trinajstić information content (AvgIpc) is 2.55. The standard InChI is InChI=1S/C15H30N2/c1-4-5-8-11-14(16)15(17(2)3)12-9-6-7-10-13-15/h4,14H,1,5-13,16H2,2-3H3. The highest BCUT2D eigenvalue weighted by Gasteiger charge is 2.38. The smallest absolute Gasteiger partial charge is 0.0354 e. The van der Waals surface area contributed by atoms with Crippen molar-refractivity contribution < 1.29 is 0 Å². The van der Waals surface area contributed by atoms with E-state index < -0.39 is 0 Å². The van der Waals surface area contributed by atoms with Crippen molar-refractivity contribution in [1.82, 2.24) is 4.90 Å². The first-order valence-electron chi connectivity index (χ1n) is 7.17. The lowest BCUT2D eigenvalue weighted by Crippen LogP contribution is -2.57. The minimum absolute atomic E-state index is 0.248. The fourth-order valence-corrected chi connectivity index (χ4v) is 3.24. The van der Waals surface area contributed by atoms with Gasteiger partial charge in [0, 0.05) is 11.6 Å². The van der Waals surface area contributed by atoms with Crippen molar-refractivity contribution in [1.29, 1.82) is 0 Å². The summed E-state index contributed by atoms with van der Waals surface area (Å²) in [6, 6.07) is 0.315. The minimum atomic E-state index is 0.248. The minimum Gasteiger partial charge on any atom is -0.326 e. The van der Waals surface area contributed by atoms with E-state index >= 15 is 0 Å². The molecule has 1 aliphatic rings. The molecule has 0 aromatic heterocycles. The lowest BCUT2D eigenvalue weighted by molar-refractivity contribution is 0.0924. The zero-order valence-electron chi connectivity index (χ0n) is 11.8. The van der Waals surface area contributed by atoms with Gasteiger partial charge in [0.25, 0.3) is 0 Å². The summed E-state index contributed by atoms with van der Waals surface area (Å²) in [7, 11) is 4.41. The average molecular weight is 238 g/mol. The van der Waals surface area contributed by atoms with Gasteiger partial charge in [-0.05, 0) is 46.2 Å². The molecule has 0 saturated heterocycles. The van der Waals surface area contributed by atoms with Gasteiger partial charge in [0.2, 0.25) is 0 Å². The summed E-state index contributed by atoms with van der Waals surface area (Å²) in [4.78, 5) is 2.40. The van der Waals surface area contributed by atoms with E-state index in [4.69, 9.17) is 5.73 Å². The van der Waals surface area contributed by atoms with Crippen molar-refractivity contribution in [2.45, 2.75) is 69.4 Å². The van der Waals surface area contributed by atoms with Crippen LogP contribution in [0, 0.1) is 0 Å². The molecule has 0 aromatic carbocycles. The second-order valence-corrected chi connectivity index (χ2v) is 5.74. The molecule has 2 nitrogen and oxygen atoms in total. The summed E-state index contributed by atoms with van der Waals surface area (Å²) < 4.78 is 0. The number of hydrogen-bond donors (Lipinski definition) is 1. The number of rotatable bonds is 6. The molecule has 17 heavy (non-hydrogen) atoms. The quantitative estimate of drug-likeness (QED) is 0.437. The largest absolute Gasteiger partial charge is 0.326 e. The molecule has 1 fully saturated rings. The van der Waals surface area contributed by atoms with Crippen LogP contribution in [0.2, 0.25) is 0 Å². The molecule has 0 aliphatic heterocycles. The molecule has 1 atom stereocenters. The molecule has 0 bridgehead atoms. The monoisotopic (exact) mass is 238 g/mol. The highest BCUT2D eigenvalue weighted by atomic mass is 15.2. The van der Waals surface area contributed by atoms with Crippen molar-refractivity contribution in [3.05, 3.63) is 12.7 Å². The normalized spacial score (nSPS) is 22.1. The summed E-state index contributed by atoms with van der Waals surface area (Å²) in [5, 5.41) is 0. The van der Waals surface area contributed by atoms with E-state index in [9.17, 15) is 0 Å². The van der Waals surface area contributed by atoms with Gasteiger partial charge in [0.05, 0.1) is 0 Å². The molecule has 1 saturated carbocycles. The number of unbranched alkanes of at least 4 members (excludes halogenated alkanes) is 1. The molecule has 1 aliphatic carbocycles. The zero-order chi connectivity index (χ0) is 12.7. The number of hydrogen-bond acceptors (Lipinski definition) is 2. The van der Waals surface area contributed by atoms with Gasteiger partial charge in [0.1, 0.15) is 0 Å². The first-order valence-corrected chi connectivity index (χ1v) is 7.17. The van der Waals surface area contributed by atoms with E-state index in [-0.39, 0.29) is 5.54 Å². The molecule has 2 N–H and O–H groups in total. The number of nitrogens with zero attached hydrogens (tertiary/aromatic N) is 1. The van der Waals surface area contributed by atoms with Crippen molar-refractivity contribution >= 4 is 0 Å². The number of likely N-dealkylation sites (N-methyl/N-ethyl adjacent to an activating group) is 1. The Bertz CT molecular complexity index is 215. The summed E-state index contributed by atoms with van der Waals surface area (Å²) in [5.74, 6) is 0. The molecule has 0 heterocycles. The molecular weight excluding hydrogens is 208 g/mol. The molecule has 0 spiro atoms. The van der Waals surface area contributed by atoms with E-state index in [1.54, 1.807) is 0 Å². The predicted molar refractivity (Wildman–Crippen MR) is 76.1 cm³/mol. The van der Waals surface area contributed by atoms with Crippen LogP contribution in [0.3, 0.4) is 0 Å². The van der Waals surface area contributed by atoms with Gasteiger partial charge in [-0.3, -0.25) is 0 Å². The van der Waals surface area contributed by atoms with E-state index in [2.05, 4.69) is 25.6 Å². The first kappa shape index (κ1) is 14.7. The van der Waals surface area contributed by atoms with Gasteiger partial charge in [-0.1, -0.05) is 31.8 Å². The van der Waals surface area contributed by atoms with E-state index in [0.717, 1.165) is 12.8 Å². The number of nitrogens with two attached hydrogens (primary N) is 1. The highest BCUT2D eigenvalue weighted by molar-refractivity contribution is 4.98. The summed E-state index contributed by atoms with van der Waals surface area (Å²) in [6.07, 6.45) is 13.4. The van der Waals surface area contributed by atoms with Crippen LogP contribution in [0.5, 0.6) is 0 Å². The molecule has 1 rings (SSSR count). The maximum Gasteiger partial charge on any atom is 0.0354 e. The van der Waals surface area contributed by atoms with Crippen molar-refractivity contribution in [3.63, 3.8) is 0 Å². The SMILES string of the molecule is C=CCCCC(N)C1(N(C)C)CCCCCC1. The summed E-state index contributed by atoms with van der Waals surface area (Å²) in [5.41, 5.74) is 6.77. The van der Waals surface area contributed by atoms with Crippen molar-refractivity contribution in [3.8, 4) is 0 Å². The van der Waals surface area contributed by atoms with Gasteiger partial charge in [0.15, 0.2) is 0 Å². The fourth-order valence-electron chi connectivity index (χ4n) is 3.24. The van der Waals surface area contributed by atoms with Crippen molar-refractivity contribution in [2.24, 2.45) is 5.73 Å². The van der Waals surface area contributed by atoms with Gasteiger partial charge in [-0.2, -0.15) is 0 Å². The summed E-state index contributed by atoms with van der Waals surface area (Å²) >= 11 is 0. The van der Waals surface area contributed by atoms with Gasteiger partial charge in [-0.15, -0.1) is 6.58 Å². The van der Waals surface area contributed by atoms with Crippen LogP contribution in [0.15, 0.2) is 12.7 Å². The van der Waals surface area contributed by atoms with Crippen LogP contribution in [0.1, 0.15) is 57.8 Å². The lowest BCUT2D eigenvalue weighted by Gasteiger charge is -2.44. The van der Waals surface area contributed by atoms with Gasteiger partial charge in [-0.25, -0.2) is 0 Å². The third-order valence-corrected chi connectivity index (χ3v) is 4.47. The van der Waals surface area contributed by atoms with E-state index in [1.165, 1.54) is 44.9 Å². The Morgan fingerprint density at radius 2 is 1.82 bits per heavy atom. The lowest BCUT2D eigenvalue weighted by atomic mass is 9.79. The van der Waals surface area contributed by atoms with Crippen LogP contribution in [-0.2, 0) is 0 Å². The Morgan fingerprint density at radius 1 is 1.24 bits per heavy atom. The molecule has 1 unspecified atom stereocenters. The van der Waals surface area contributed by atoms with Crippen molar-refractivity contribution in [2.75, 3.05) is 14.1 Å². The Hall–Kier alpha value is -0.340. The van der Waals surface area contributed by atoms with E-state index in [0.29, 0.717) is 6.04 Å². The van der Waals surface area contributed by atoms with Crippen LogP contribution < -0.4 is 5.73 Å².